The van der Waals surface area contributed by atoms with Gasteiger partial charge in [-0.05, 0) is 43.2 Å². The lowest BCUT2D eigenvalue weighted by Gasteiger charge is -2.03. The molecule has 0 bridgehead atoms. The number of hydrogen-bond acceptors (Lipinski definition) is 3. The van der Waals surface area contributed by atoms with Gasteiger partial charge in [0.2, 0.25) is 0 Å². The summed E-state index contributed by atoms with van der Waals surface area (Å²) in [5.41, 5.74) is 2.19. The van der Waals surface area contributed by atoms with Crippen LogP contribution >= 0.6 is 0 Å². The fourth-order valence-corrected chi connectivity index (χ4v) is 4.27. The highest BCUT2D eigenvalue weighted by Crippen LogP contribution is 2.39. The van der Waals surface area contributed by atoms with Gasteiger partial charge in [-0.1, -0.05) is 11.8 Å². The van der Waals surface area contributed by atoms with Gasteiger partial charge in [0.05, 0.1) is 28.5 Å². The van der Waals surface area contributed by atoms with E-state index in [1.54, 1.807) is 23.9 Å². The SMILES string of the molecule is Cn1cc(C2=C(c3coc4ccc(F)cc34)C(=O)NC2=O)c2cc(C#CC3CC3)c(F)cc21. The van der Waals surface area contributed by atoms with Crippen LogP contribution in [-0.4, -0.2) is 16.4 Å². The molecule has 1 fully saturated rings. The molecule has 1 N–H and O–H groups in total. The summed E-state index contributed by atoms with van der Waals surface area (Å²) in [6.45, 7) is 0. The van der Waals surface area contributed by atoms with Gasteiger partial charge in [0.15, 0.2) is 0 Å². The first-order valence-corrected chi connectivity index (χ1v) is 10.5. The zero-order valence-electron chi connectivity index (χ0n) is 17.5. The van der Waals surface area contributed by atoms with E-state index in [2.05, 4.69) is 17.2 Å². The quantitative estimate of drug-likeness (QED) is 0.367. The molecule has 0 saturated heterocycles. The number of imide groups is 1. The third kappa shape index (κ3) is 3.06. The van der Waals surface area contributed by atoms with Crippen LogP contribution in [0, 0.1) is 29.4 Å². The Morgan fingerprint density at radius 1 is 1.03 bits per heavy atom. The number of benzene rings is 2. The Balaban J connectivity index is 1.62. The monoisotopic (exact) mass is 442 g/mol. The second-order valence-electron chi connectivity index (χ2n) is 8.37. The zero-order chi connectivity index (χ0) is 22.9. The fourth-order valence-electron chi connectivity index (χ4n) is 4.27. The Labute approximate surface area is 186 Å². The predicted octanol–water partition coefficient (Wildman–Crippen LogP) is 4.53. The van der Waals surface area contributed by atoms with Crippen LogP contribution in [0.4, 0.5) is 8.78 Å². The van der Waals surface area contributed by atoms with Crippen molar-refractivity contribution in [3.8, 4) is 11.8 Å². The first-order chi connectivity index (χ1) is 15.9. The zero-order valence-corrected chi connectivity index (χ0v) is 17.5. The number of aromatic nitrogens is 1. The number of nitrogens with zero attached hydrogens (tertiary/aromatic N) is 1. The number of fused-ring (bicyclic) bond motifs is 2. The molecule has 33 heavy (non-hydrogen) atoms. The van der Waals surface area contributed by atoms with E-state index in [0.29, 0.717) is 38.9 Å². The third-order valence-electron chi connectivity index (χ3n) is 6.07. The maximum atomic E-state index is 14.7. The summed E-state index contributed by atoms with van der Waals surface area (Å²) in [5, 5.41) is 3.31. The molecule has 0 radical (unpaired) electrons. The molecule has 5 nitrogen and oxygen atoms in total. The minimum absolute atomic E-state index is 0.0896. The average Bonchev–Trinajstić information content (AvgIpc) is 3.35. The summed E-state index contributed by atoms with van der Waals surface area (Å²) in [6, 6.07) is 6.98. The van der Waals surface area contributed by atoms with Crippen LogP contribution in [0.5, 0.6) is 0 Å². The second kappa shape index (κ2) is 6.91. The van der Waals surface area contributed by atoms with E-state index in [1.807, 2.05) is 0 Å². The number of halogens is 2. The number of rotatable bonds is 2. The highest BCUT2D eigenvalue weighted by molar-refractivity contribution is 6.50. The Bertz CT molecular complexity index is 1620. The molecule has 2 aromatic heterocycles. The Morgan fingerprint density at radius 2 is 1.79 bits per heavy atom. The molecule has 2 amide bonds. The smallest absolute Gasteiger partial charge is 0.259 e. The third-order valence-corrected chi connectivity index (χ3v) is 6.07. The molecular weight excluding hydrogens is 426 g/mol. The van der Waals surface area contributed by atoms with Crippen molar-refractivity contribution >= 4 is 44.8 Å². The van der Waals surface area contributed by atoms with Crippen molar-refractivity contribution in [2.45, 2.75) is 12.8 Å². The topological polar surface area (TPSA) is 64.2 Å². The van der Waals surface area contributed by atoms with E-state index in [9.17, 15) is 18.4 Å². The standard InChI is InChI=1S/C26H16F2N2O3/c1-30-11-18(16-8-14(5-4-13-2-3-13)20(28)10-21(16)30)23-24(26(32)29-25(23)31)19-12-33-22-7-6-15(27)9-17(19)22/h6-13H,2-3H2,1H3,(H,29,31,32). The van der Waals surface area contributed by atoms with Crippen molar-refractivity contribution in [2.75, 3.05) is 0 Å². The Hall–Kier alpha value is -4.18. The molecule has 1 aliphatic heterocycles. The van der Waals surface area contributed by atoms with Crippen molar-refractivity contribution in [3.05, 3.63) is 71.1 Å². The van der Waals surface area contributed by atoms with Gasteiger partial charge >= 0.3 is 0 Å². The van der Waals surface area contributed by atoms with Gasteiger partial charge in [-0.25, -0.2) is 8.78 Å². The van der Waals surface area contributed by atoms with Crippen LogP contribution in [0.3, 0.4) is 0 Å². The minimum Gasteiger partial charge on any atom is -0.464 e. The van der Waals surface area contributed by atoms with Crippen molar-refractivity contribution < 1.29 is 22.8 Å². The largest absolute Gasteiger partial charge is 0.464 e. The predicted molar refractivity (Wildman–Crippen MR) is 119 cm³/mol. The summed E-state index contributed by atoms with van der Waals surface area (Å²) in [6.07, 6.45) is 5.06. The van der Waals surface area contributed by atoms with Gasteiger partial charge in [0.25, 0.3) is 11.8 Å². The van der Waals surface area contributed by atoms with Crippen LogP contribution in [0.2, 0.25) is 0 Å². The van der Waals surface area contributed by atoms with Crippen LogP contribution in [0.15, 0.2) is 47.2 Å². The molecular formula is C26H16F2N2O3. The summed E-state index contributed by atoms with van der Waals surface area (Å²) < 4.78 is 35.8. The van der Waals surface area contributed by atoms with Crippen LogP contribution < -0.4 is 5.32 Å². The first-order valence-electron chi connectivity index (χ1n) is 10.5. The van der Waals surface area contributed by atoms with Crippen molar-refractivity contribution in [2.24, 2.45) is 13.0 Å². The second-order valence-corrected chi connectivity index (χ2v) is 8.37. The van der Waals surface area contributed by atoms with Gasteiger partial charge in [-0.2, -0.15) is 0 Å². The van der Waals surface area contributed by atoms with Crippen LogP contribution in [0.25, 0.3) is 33.0 Å². The molecule has 6 rings (SSSR count). The van der Waals surface area contributed by atoms with E-state index in [0.717, 1.165) is 12.8 Å². The number of hydrogen-bond donors (Lipinski definition) is 1. The van der Waals surface area contributed by atoms with E-state index < -0.39 is 23.4 Å². The molecule has 0 atom stereocenters. The number of carbonyl (C=O) groups is 2. The van der Waals surface area contributed by atoms with Crippen molar-refractivity contribution in [3.63, 3.8) is 0 Å². The van der Waals surface area contributed by atoms with Gasteiger partial charge in [-0.15, -0.1) is 0 Å². The minimum atomic E-state index is -0.602. The Kier molecular flexibility index (Phi) is 4.08. The molecule has 0 spiro atoms. The molecule has 7 heteroatoms. The van der Waals surface area contributed by atoms with Crippen molar-refractivity contribution in [1.29, 1.82) is 0 Å². The van der Waals surface area contributed by atoms with Gasteiger partial charge in [-0.3, -0.25) is 14.9 Å². The van der Waals surface area contributed by atoms with Crippen LogP contribution in [0.1, 0.15) is 29.5 Å². The highest BCUT2D eigenvalue weighted by atomic mass is 19.1. The lowest BCUT2D eigenvalue weighted by atomic mass is 9.95. The first kappa shape index (κ1) is 19.5. The molecule has 162 valence electrons. The molecule has 4 aromatic rings. The normalized spacial score (nSPS) is 16.0. The van der Waals surface area contributed by atoms with Crippen LogP contribution in [-0.2, 0) is 16.6 Å². The van der Waals surface area contributed by atoms with Gasteiger partial charge < -0.3 is 8.98 Å². The maximum absolute atomic E-state index is 14.7. The molecule has 3 heterocycles. The summed E-state index contributed by atoms with van der Waals surface area (Å²) in [4.78, 5) is 25.7. The number of furan rings is 1. The summed E-state index contributed by atoms with van der Waals surface area (Å²) >= 11 is 0. The van der Waals surface area contributed by atoms with E-state index >= 15 is 0 Å². The average molecular weight is 442 g/mol. The summed E-state index contributed by atoms with van der Waals surface area (Å²) in [5.74, 6) is 4.15. The molecule has 2 aromatic carbocycles. The van der Waals surface area contributed by atoms with Gasteiger partial charge in [0, 0.05) is 41.1 Å². The number of carbonyl (C=O) groups excluding carboxylic acids is 2. The number of nitrogens with one attached hydrogen (secondary N) is 1. The van der Waals surface area contributed by atoms with Crippen molar-refractivity contribution in [1.82, 2.24) is 9.88 Å². The maximum Gasteiger partial charge on any atom is 0.259 e. The molecule has 2 aliphatic rings. The highest BCUT2D eigenvalue weighted by Gasteiger charge is 2.35. The van der Waals surface area contributed by atoms with Gasteiger partial charge in [0.1, 0.15) is 17.2 Å². The molecule has 0 unspecified atom stereocenters. The van der Waals surface area contributed by atoms with E-state index in [1.165, 1.54) is 30.5 Å². The van der Waals surface area contributed by atoms with E-state index in [-0.39, 0.29) is 16.7 Å². The lowest BCUT2D eigenvalue weighted by molar-refractivity contribution is -0.122. The summed E-state index contributed by atoms with van der Waals surface area (Å²) in [7, 11) is 1.73. The molecule has 1 aliphatic carbocycles. The fraction of sp³-hybridized carbons (Fsp3) is 0.154. The lowest BCUT2D eigenvalue weighted by Crippen LogP contribution is -2.22. The van der Waals surface area contributed by atoms with E-state index in [4.69, 9.17) is 4.42 Å². The number of amides is 2. The Morgan fingerprint density at radius 3 is 2.55 bits per heavy atom. The number of aryl methyl sites for hydroxylation is 1. The molecule has 1 saturated carbocycles.